The quantitative estimate of drug-likeness (QED) is 0.198. The van der Waals surface area contributed by atoms with E-state index in [4.69, 9.17) is 9.47 Å². The van der Waals surface area contributed by atoms with Crippen LogP contribution < -0.4 is 0 Å². The first kappa shape index (κ1) is 33.1. The van der Waals surface area contributed by atoms with E-state index >= 15 is 0 Å². The van der Waals surface area contributed by atoms with Gasteiger partial charge in [-0.2, -0.15) is 0 Å². The van der Waals surface area contributed by atoms with Crippen LogP contribution in [0.15, 0.2) is 30.3 Å². The van der Waals surface area contributed by atoms with E-state index in [2.05, 4.69) is 0 Å². The van der Waals surface area contributed by atoms with Crippen molar-refractivity contribution in [1.82, 2.24) is 24.5 Å². The average Bonchev–Trinajstić information content (AvgIpc) is 2.90. The molecule has 224 valence electrons. The molecule has 0 radical (unpaired) electrons. The lowest BCUT2D eigenvalue weighted by molar-refractivity contribution is -0.140. The van der Waals surface area contributed by atoms with Crippen molar-refractivity contribution in [1.29, 1.82) is 0 Å². The molecule has 0 bridgehead atoms. The van der Waals surface area contributed by atoms with Crippen LogP contribution in [0.3, 0.4) is 0 Å². The Morgan fingerprint density at radius 2 is 1.30 bits per heavy atom. The molecule has 40 heavy (non-hydrogen) atoms. The number of rotatable bonds is 16. The highest BCUT2D eigenvalue weighted by atomic mass is 16.5. The standard InChI is InChI=1S/C26H41N5O9/c32-21-39-19-29-10-8-27(6-7-28(17-25(35)36)9-11-30(13-12-29)20-40-22-33)15-24(34)16-31(18-26(37)38)14-23-4-2-1-3-5-23/h1-5,21-22,24,34H,6-20H2,(H,35,36)(H,37,38). The number of β-amino-alcohol motifs (C(OH)–C–C–N with tert-alkyl or cyclic N) is 1. The highest BCUT2D eigenvalue weighted by Crippen LogP contribution is 2.07. The molecule has 1 aromatic rings. The lowest BCUT2D eigenvalue weighted by atomic mass is 10.2. The van der Waals surface area contributed by atoms with Gasteiger partial charge in [-0.15, -0.1) is 0 Å². The second-order valence-corrected chi connectivity index (χ2v) is 9.69. The summed E-state index contributed by atoms with van der Waals surface area (Å²) in [6, 6.07) is 9.43. The summed E-state index contributed by atoms with van der Waals surface area (Å²) in [6.07, 6.45) is -0.862. The van der Waals surface area contributed by atoms with Crippen molar-refractivity contribution in [3.8, 4) is 0 Å². The molecule has 14 nitrogen and oxygen atoms in total. The normalized spacial score (nSPS) is 17.9. The monoisotopic (exact) mass is 567 g/mol. The minimum absolute atomic E-state index is 0.0565. The molecule has 0 saturated carbocycles. The number of hydrogen-bond acceptors (Lipinski definition) is 12. The number of nitrogens with zero attached hydrogens (tertiary/aromatic N) is 5. The molecule has 0 aliphatic carbocycles. The van der Waals surface area contributed by atoms with E-state index in [1.165, 1.54) is 0 Å². The molecule has 14 heteroatoms. The van der Waals surface area contributed by atoms with Gasteiger partial charge in [0.25, 0.3) is 12.9 Å². The minimum atomic E-state index is -0.989. The molecule has 0 spiro atoms. The third kappa shape index (κ3) is 14.3. The first-order valence-corrected chi connectivity index (χ1v) is 13.2. The van der Waals surface area contributed by atoms with Crippen LogP contribution in [0.25, 0.3) is 0 Å². The topological polar surface area (TPSA) is 164 Å². The van der Waals surface area contributed by atoms with E-state index in [1.54, 1.807) is 9.80 Å². The van der Waals surface area contributed by atoms with Crippen LogP contribution in [0.2, 0.25) is 0 Å². The second kappa shape index (κ2) is 19.0. The summed E-state index contributed by atoms with van der Waals surface area (Å²) < 4.78 is 9.88. The molecule has 1 saturated heterocycles. The Labute approximate surface area is 234 Å². The second-order valence-electron chi connectivity index (χ2n) is 9.69. The highest BCUT2D eigenvalue weighted by molar-refractivity contribution is 5.69. The molecule has 3 N–H and O–H groups in total. The molecule has 1 atom stereocenters. The van der Waals surface area contributed by atoms with Gasteiger partial charge < -0.3 is 24.8 Å². The molecule has 1 heterocycles. The fraction of sp³-hybridized carbons (Fsp3) is 0.615. The molecule has 1 fully saturated rings. The third-order valence-electron chi connectivity index (χ3n) is 6.48. The SMILES string of the molecule is O=COCN1CCN(COC=O)CCN(CC(O)CN(CC(=O)O)Cc2ccccc2)CCN(CC(=O)O)CC1. The van der Waals surface area contributed by atoms with Gasteiger partial charge in [-0.25, -0.2) is 0 Å². The number of aliphatic hydroxyl groups is 1. The van der Waals surface area contributed by atoms with Gasteiger partial charge in [0.15, 0.2) is 0 Å². The van der Waals surface area contributed by atoms with Crippen molar-refractivity contribution in [2.24, 2.45) is 0 Å². The maximum atomic E-state index is 11.5. The number of carboxylic acids is 2. The molecular formula is C26H41N5O9. The Kier molecular flexibility index (Phi) is 15.7. The summed E-state index contributed by atoms with van der Waals surface area (Å²) >= 11 is 0. The highest BCUT2D eigenvalue weighted by Gasteiger charge is 2.22. The van der Waals surface area contributed by atoms with Crippen molar-refractivity contribution in [2.75, 3.05) is 92.0 Å². The summed E-state index contributed by atoms with van der Waals surface area (Å²) in [6.45, 7) is 4.92. The Morgan fingerprint density at radius 1 is 0.800 bits per heavy atom. The van der Waals surface area contributed by atoms with E-state index in [0.717, 1.165) is 5.56 Å². The van der Waals surface area contributed by atoms with E-state index < -0.39 is 18.0 Å². The minimum Gasteiger partial charge on any atom is -0.480 e. The number of hydrogen-bond donors (Lipinski definition) is 3. The zero-order valence-electron chi connectivity index (χ0n) is 22.8. The van der Waals surface area contributed by atoms with E-state index in [9.17, 15) is 34.5 Å². The molecule has 0 amide bonds. The summed E-state index contributed by atoms with van der Waals surface area (Å²) in [4.78, 5) is 53.7. The number of carbonyl (C=O) groups excluding carboxylic acids is 2. The summed E-state index contributed by atoms with van der Waals surface area (Å²) in [7, 11) is 0. The summed E-state index contributed by atoms with van der Waals surface area (Å²) in [5.41, 5.74) is 0.935. The maximum absolute atomic E-state index is 11.5. The fourth-order valence-electron chi connectivity index (χ4n) is 4.51. The predicted molar refractivity (Wildman–Crippen MR) is 143 cm³/mol. The summed E-state index contributed by atoms with van der Waals surface area (Å²) in [5.74, 6) is -1.95. The van der Waals surface area contributed by atoms with Crippen LogP contribution in [-0.4, -0.2) is 163 Å². The molecule has 2 rings (SSSR count). The molecule has 1 aliphatic heterocycles. The van der Waals surface area contributed by atoms with E-state index in [0.29, 0.717) is 71.8 Å². The van der Waals surface area contributed by atoms with Gasteiger partial charge in [0.2, 0.25) is 0 Å². The predicted octanol–water partition coefficient (Wildman–Crippen LogP) is -1.50. The molecular weight excluding hydrogens is 526 g/mol. The number of carbonyl (C=O) groups is 4. The zero-order valence-corrected chi connectivity index (χ0v) is 22.8. The lowest BCUT2D eigenvalue weighted by Gasteiger charge is -2.34. The van der Waals surface area contributed by atoms with Gasteiger partial charge in [0, 0.05) is 72.0 Å². The summed E-state index contributed by atoms with van der Waals surface area (Å²) in [5, 5.41) is 29.8. The number of benzene rings is 1. The lowest BCUT2D eigenvalue weighted by Crippen LogP contribution is -2.49. The Morgan fingerprint density at radius 3 is 1.77 bits per heavy atom. The van der Waals surface area contributed by atoms with Crippen molar-refractivity contribution in [2.45, 2.75) is 12.6 Å². The molecule has 1 unspecified atom stereocenters. The van der Waals surface area contributed by atoms with Gasteiger partial charge in [0.1, 0.15) is 13.5 Å². The zero-order chi connectivity index (χ0) is 29.2. The Balaban J connectivity index is 2.10. The molecule has 1 aromatic carbocycles. The van der Waals surface area contributed by atoms with Gasteiger partial charge in [-0.3, -0.25) is 43.7 Å². The van der Waals surface area contributed by atoms with Crippen molar-refractivity contribution < 1.29 is 44.0 Å². The third-order valence-corrected chi connectivity index (χ3v) is 6.48. The average molecular weight is 568 g/mol. The van der Waals surface area contributed by atoms with Crippen LogP contribution in [0.5, 0.6) is 0 Å². The number of aliphatic hydroxyl groups excluding tert-OH is 1. The Hall–Kier alpha value is -3.14. The maximum Gasteiger partial charge on any atom is 0.317 e. The van der Waals surface area contributed by atoms with Gasteiger partial charge in [-0.05, 0) is 5.56 Å². The van der Waals surface area contributed by atoms with Crippen LogP contribution >= 0.6 is 0 Å². The first-order valence-electron chi connectivity index (χ1n) is 13.2. The van der Waals surface area contributed by atoms with Crippen molar-refractivity contribution in [3.63, 3.8) is 0 Å². The van der Waals surface area contributed by atoms with E-state index in [1.807, 2.05) is 45.0 Å². The van der Waals surface area contributed by atoms with Crippen LogP contribution in [0.1, 0.15) is 5.56 Å². The van der Waals surface area contributed by atoms with Crippen LogP contribution in [0.4, 0.5) is 0 Å². The molecule has 1 aliphatic rings. The number of carboxylic acid groups (broad SMARTS) is 2. The van der Waals surface area contributed by atoms with E-state index in [-0.39, 0.29) is 39.6 Å². The smallest absolute Gasteiger partial charge is 0.317 e. The number of aliphatic carboxylic acids is 2. The first-order chi connectivity index (χ1) is 19.3. The van der Waals surface area contributed by atoms with Gasteiger partial charge in [0.05, 0.1) is 19.2 Å². The van der Waals surface area contributed by atoms with Crippen LogP contribution in [0, 0.1) is 0 Å². The van der Waals surface area contributed by atoms with Crippen molar-refractivity contribution >= 4 is 24.9 Å². The van der Waals surface area contributed by atoms with Crippen LogP contribution in [-0.2, 0) is 35.2 Å². The number of ether oxygens (including phenoxy) is 2. The fourth-order valence-corrected chi connectivity index (χ4v) is 4.51. The van der Waals surface area contributed by atoms with Gasteiger partial charge >= 0.3 is 11.9 Å². The Bertz CT molecular complexity index is 895. The van der Waals surface area contributed by atoms with Gasteiger partial charge in [-0.1, -0.05) is 30.3 Å². The van der Waals surface area contributed by atoms with Crippen molar-refractivity contribution in [3.05, 3.63) is 35.9 Å². The molecule has 0 aromatic heterocycles. The largest absolute Gasteiger partial charge is 0.480 e.